The second-order valence-electron chi connectivity index (χ2n) is 6.59. The van der Waals surface area contributed by atoms with Crippen LogP contribution in [0.2, 0.25) is 0 Å². The van der Waals surface area contributed by atoms with Crippen LogP contribution in [0.1, 0.15) is 20.8 Å². The lowest BCUT2D eigenvalue weighted by molar-refractivity contribution is 0.127. The van der Waals surface area contributed by atoms with E-state index in [2.05, 4.69) is 99.6 Å². The minimum absolute atomic E-state index is 0.186. The Bertz CT molecular complexity index is 736. The zero-order valence-electron chi connectivity index (χ0n) is 14.4. The van der Waals surface area contributed by atoms with Crippen molar-refractivity contribution in [1.82, 2.24) is 0 Å². The van der Waals surface area contributed by atoms with Crippen molar-refractivity contribution < 1.29 is 4.74 Å². The monoisotopic (exact) mass is 335 g/mol. The summed E-state index contributed by atoms with van der Waals surface area (Å²) in [5.41, 5.74) is -0.224. The number of hydrogen-bond acceptors (Lipinski definition) is 1. The molecule has 0 heterocycles. The van der Waals surface area contributed by atoms with Crippen LogP contribution in [-0.2, 0) is 10.9 Å². The predicted octanol–water partition coefficient (Wildman–Crippen LogP) is 5.96. The second-order valence-corrected chi connectivity index (χ2v) is 8.59. The maximum absolute atomic E-state index is 6.26. The molecule has 122 valence electrons. The standard InChI is InChI=1S/C22H23OS/c1-22(2,3)23-20-16-10-11-17-21(20)24(18-12-6-4-7-13-18)19-14-8-5-9-15-19/h4-17H,1-3H3/q+1. The van der Waals surface area contributed by atoms with Crippen LogP contribution in [0, 0.1) is 0 Å². The van der Waals surface area contributed by atoms with E-state index in [1.165, 1.54) is 14.7 Å². The summed E-state index contributed by atoms with van der Waals surface area (Å²) in [4.78, 5) is 3.83. The van der Waals surface area contributed by atoms with Gasteiger partial charge in [-0.15, -0.1) is 0 Å². The van der Waals surface area contributed by atoms with E-state index in [-0.39, 0.29) is 16.5 Å². The molecule has 0 radical (unpaired) electrons. The number of hydrogen-bond donors (Lipinski definition) is 0. The molecule has 3 rings (SSSR count). The van der Waals surface area contributed by atoms with Crippen molar-refractivity contribution in [2.24, 2.45) is 0 Å². The highest BCUT2D eigenvalue weighted by Gasteiger charge is 2.32. The Labute approximate surface area is 147 Å². The summed E-state index contributed by atoms with van der Waals surface area (Å²) in [6.45, 7) is 6.27. The average Bonchev–Trinajstić information content (AvgIpc) is 2.57. The molecule has 0 aliphatic heterocycles. The number of benzene rings is 3. The van der Waals surface area contributed by atoms with Crippen molar-refractivity contribution in [2.45, 2.75) is 41.1 Å². The molecule has 3 aromatic carbocycles. The molecular formula is C22H23OS+. The normalized spacial score (nSPS) is 11.5. The summed E-state index contributed by atoms with van der Waals surface area (Å²) >= 11 is 0. The van der Waals surface area contributed by atoms with Gasteiger partial charge in [-0.3, -0.25) is 0 Å². The van der Waals surface area contributed by atoms with Crippen molar-refractivity contribution in [3.8, 4) is 5.75 Å². The first-order chi connectivity index (χ1) is 11.5. The third-order valence-electron chi connectivity index (χ3n) is 3.44. The van der Waals surface area contributed by atoms with Gasteiger partial charge in [0.15, 0.2) is 15.5 Å². The molecule has 0 N–H and O–H groups in total. The molecule has 0 saturated carbocycles. The molecule has 3 aromatic rings. The minimum atomic E-state index is -0.224. The number of para-hydroxylation sites is 1. The van der Waals surface area contributed by atoms with Crippen LogP contribution in [-0.4, -0.2) is 5.60 Å². The molecule has 2 heteroatoms. The van der Waals surface area contributed by atoms with E-state index in [9.17, 15) is 0 Å². The van der Waals surface area contributed by atoms with Gasteiger partial charge in [0, 0.05) is 0 Å². The highest BCUT2D eigenvalue weighted by Crippen LogP contribution is 2.37. The fraction of sp³-hybridized carbons (Fsp3) is 0.182. The predicted molar refractivity (Wildman–Crippen MR) is 102 cm³/mol. The third-order valence-corrected chi connectivity index (χ3v) is 5.71. The Morgan fingerprint density at radius 3 is 1.58 bits per heavy atom. The van der Waals surface area contributed by atoms with Gasteiger partial charge in [-0.2, -0.15) is 0 Å². The largest absolute Gasteiger partial charge is 0.483 e. The molecule has 0 fully saturated rings. The van der Waals surface area contributed by atoms with Crippen molar-refractivity contribution in [1.29, 1.82) is 0 Å². The second kappa shape index (κ2) is 7.14. The average molecular weight is 335 g/mol. The Balaban J connectivity index is 2.14. The maximum Gasteiger partial charge on any atom is 0.208 e. The van der Waals surface area contributed by atoms with Gasteiger partial charge in [-0.1, -0.05) is 48.5 Å². The Kier molecular flexibility index (Phi) is 4.96. The zero-order chi connectivity index (χ0) is 17.0. The molecule has 0 amide bonds. The van der Waals surface area contributed by atoms with E-state index >= 15 is 0 Å². The van der Waals surface area contributed by atoms with Crippen LogP contribution >= 0.6 is 0 Å². The van der Waals surface area contributed by atoms with Gasteiger partial charge in [0.25, 0.3) is 0 Å². The summed E-state index contributed by atoms with van der Waals surface area (Å²) in [5.74, 6) is 0.959. The molecule has 0 bridgehead atoms. The van der Waals surface area contributed by atoms with Gasteiger partial charge in [0.1, 0.15) is 16.5 Å². The van der Waals surface area contributed by atoms with Gasteiger partial charge < -0.3 is 4.74 Å². The molecular weight excluding hydrogens is 312 g/mol. The molecule has 0 saturated heterocycles. The van der Waals surface area contributed by atoms with Crippen molar-refractivity contribution >= 4 is 10.9 Å². The Hall–Kier alpha value is -2.19. The molecule has 0 aromatic heterocycles. The SMILES string of the molecule is CC(C)(C)Oc1ccccc1[S+](c1ccccc1)c1ccccc1. The van der Waals surface area contributed by atoms with Crippen LogP contribution in [0.15, 0.2) is 99.6 Å². The summed E-state index contributed by atoms with van der Waals surface area (Å²) in [6.07, 6.45) is 0. The summed E-state index contributed by atoms with van der Waals surface area (Å²) in [5, 5.41) is 0. The molecule has 0 unspecified atom stereocenters. The third kappa shape index (κ3) is 4.01. The van der Waals surface area contributed by atoms with Crippen LogP contribution in [0.5, 0.6) is 5.75 Å². The van der Waals surface area contributed by atoms with Gasteiger partial charge in [0.05, 0.1) is 0 Å². The van der Waals surface area contributed by atoms with Crippen molar-refractivity contribution in [3.05, 3.63) is 84.9 Å². The van der Waals surface area contributed by atoms with Gasteiger partial charge in [-0.25, -0.2) is 0 Å². The van der Waals surface area contributed by atoms with Crippen molar-refractivity contribution in [3.63, 3.8) is 0 Å². The lowest BCUT2D eigenvalue weighted by atomic mass is 10.2. The lowest BCUT2D eigenvalue weighted by Crippen LogP contribution is -2.24. The maximum atomic E-state index is 6.26. The molecule has 0 atom stereocenters. The first-order valence-electron chi connectivity index (χ1n) is 8.17. The van der Waals surface area contributed by atoms with Crippen LogP contribution < -0.4 is 4.74 Å². The first-order valence-corrected chi connectivity index (χ1v) is 9.39. The Morgan fingerprint density at radius 2 is 1.08 bits per heavy atom. The zero-order valence-corrected chi connectivity index (χ0v) is 15.2. The van der Waals surface area contributed by atoms with Gasteiger partial charge in [0.2, 0.25) is 4.90 Å². The topological polar surface area (TPSA) is 9.23 Å². The van der Waals surface area contributed by atoms with E-state index in [1.807, 2.05) is 6.07 Å². The summed E-state index contributed by atoms with van der Waals surface area (Å²) in [7, 11) is -0.186. The fourth-order valence-corrected chi connectivity index (χ4v) is 4.70. The molecule has 0 aliphatic rings. The summed E-state index contributed by atoms with van der Waals surface area (Å²) < 4.78 is 6.26. The van der Waals surface area contributed by atoms with E-state index in [4.69, 9.17) is 4.74 Å². The van der Waals surface area contributed by atoms with Gasteiger partial charge >= 0.3 is 0 Å². The molecule has 1 nitrogen and oxygen atoms in total. The van der Waals surface area contributed by atoms with Crippen LogP contribution in [0.4, 0.5) is 0 Å². The minimum Gasteiger partial charge on any atom is -0.483 e. The first kappa shape index (κ1) is 16.7. The van der Waals surface area contributed by atoms with Crippen LogP contribution in [0.3, 0.4) is 0 Å². The van der Waals surface area contributed by atoms with E-state index in [0.29, 0.717) is 0 Å². The van der Waals surface area contributed by atoms with E-state index in [1.54, 1.807) is 0 Å². The molecule has 24 heavy (non-hydrogen) atoms. The lowest BCUT2D eigenvalue weighted by Gasteiger charge is -2.22. The van der Waals surface area contributed by atoms with Crippen LogP contribution in [0.25, 0.3) is 0 Å². The number of ether oxygens (including phenoxy) is 1. The van der Waals surface area contributed by atoms with E-state index in [0.717, 1.165) is 5.75 Å². The molecule has 0 aliphatic carbocycles. The summed E-state index contributed by atoms with van der Waals surface area (Å²) in [6, 6.07) is 29.7. The highest BCUT2D eigenvalue weighted by atomic mass is 32.2. The molecule has 0 spiro atoms. The van der Waals surface area contributed by atoms with Gasteiger partial charge in [-0.05, 0) is 57.2 Å². The highest BCUT2D eigenvalue weighted by molar-refractivity contribution is 7.97. The fourth-order valence-electron chi connectivity index (χ4n) is 2.54. The quantitative estimate of drug-likeness (QED) is 0.535. The number of rotatable bonds is 4. The smallest absolute Gasteiger partial charge is 0.208 e. The van der Waals surface area contributed by atoms with E-state index < -0.39 is 0 Å². The Morgan fingerprint density at radius 1 is 0.625 bits per heavy atom. The van der Waals surface area contributed by atoms with Crippen molar-refractivity contribution in [2.75, 3.05) is 0 Å².